The van der Waals surface area contributed by atoms with Gasteiger partial charge in [0.25, 0.3) is 11.1 Å². The molecule has 5 rings (SSSR count). The fourth-order valence-electron chi connectivity index (χ4n) is 4.92. The van der Waals surface area contributed by atoms with Gasteiger partial charge in [-0.15, -0.1) is 0 Å². The van der Waals surface area contributed by atoms with Gasteiger partial charge in [0.15, 0.2) is 16.0 Å². The third-order valence-corrected chi connectivity index (χ3v) is 9.31. The molecule has 1 fully saturated rings. The number of hydrogen-bond acceptors (Lipinski definition) is 10. The Morgan fingerprint density at radius 1 is 1.18 bits per heavy atom. The summed E-state index contributed by atoms with van der Waals surface area (Å²) in [6.07, 6.45) is 5.85. The number of aryl methyl sites for hydroxylation is 1. The van der Waals surface area contributed by atoms with Crippen LogP contribution in [-0.2, 0) is 20.9 Å². The first kappa shape index (κ1) is 32.2. The number of aliphatic imine (C=N–C) groups is 1. The average molecular weight is 647 g/mol. The first-order valence-corrected chi connectivity index (χ1v) is 16.4. The van der Waals surface area contributed by atoms with E-state index in [0.29, 0.717) is 48.0 Å². The lowest BCUT2D eigenvalue weighted by Gasteiger charge is -2.19. The molecular weight excluding hydrogens is 613 g/mol. The molecule has 2 aromatic heterocycles. The highest BCUT2D eigenvalue weighted by molar-refractivity contribution is 8.18. The lowest BCUT2D eigenvalue weighted by Crippen LogP contribution is -2.36. The molecule has 0 aliphatic carbocycles. The molecule has 2 aliphatic rings. The predicted molar refractivity (Wildman–Crippen MR) is 173 cm³/mol. The number of furan rings is 1. The van der Waals surface area contributed by atoms with Gasteiger partial charge in [0.2, 0.25) is 5.91 Å². The van der Waals surface area contributed by atoms with Gasteiger partial charge in [0.1, 0.15) is 12.3 Å². The fraction of sp³-hybridized carbons (Fsp3) is 0.406. The minimum atomic E-state index is -0.326. The van der Waals surface area contributed by atoms with Gasteiger partial charge in [-0.25, -0.2) is 4.98 Å². The summed E-state index contributed by atoms with van der Waals surface area (Å²) in [4.78, 5) is 62.1. The van der Waals surface area contributed by atoms with E-state index < -0.39 is 0 Å². The Morgan fingerprint density at radius 2 is 1.96 bits per heavy atom. The molecule has 2 aliphatic heterocycles. The predicted octanol–water partition coefficient (Wildman–Crippen LogP) is 5.94. The molecule has 1 saturated heterocycles. The number of Topliss-reactive ketones (excluding diaryl/α,β-unsaturated/α-hetero) is 1. The van der Waals surface area contributed by atoms with Crippen LogP contribution in [0, 0.1) is 11.3 Å². The molecule has 0 radical (unpaired) electrons. The van der Waals surface area contributed by atoms with E-state index in [9.17, 15) is 19.2 Å². The van der Waals surface area contributed by atoms with Crippen molar-refractivity contribution in [2.75, 3.05) is 13.1 Å². The molecule has 0 spiro atoms. The molecule has 11 nitrogen and oxygen atoms in total. The second kappa shape index (κ2) is 13.9. The highest BCUT2D eigenvalue weighted by Crippen LogP contribution is 2.36. The van der Waals surface area contributed by atoms with Gasteiger partial charge >= 0.3 is 0 Å². The van der Waals surface area contributed by atoms with Crippen LogP contribution in [0.1, 0.15) is 58.6 Å². The molecule has 3 amide bonds. The van der Waals surface area contributed by atoms with E-state index in [0.717, 1.165) is 28.0 Å². The Labute approximate surface area is 269 Å². The van der Waals surface area contributed by atoms with Crippen LogP contribution in [0.4, 0.5) is 4.79 Å². The number of imidazole rings is 1. The SMILES string of the molecule is CC(C)N1C(=O)S/C(=C\c2ccc(Sc3nc4ccccc4n3CCCCC(=O)CN(CC#N)C(=O)CCC3(C)C=N3)o2)C1=O. The number of aromatic nitrogens is 2. The molecular formula is C32H34N6O5S2. The van der Waals surface area contributed by atoms with Crippen molar-refractivity contribution in [2.45, 2.75) is 81.2 Å². The Balaban J connectivity index is 1.18. The maximum Gasteiger partial charge on any atom is 0.293 e. The van der Waals surface area contributed by atoms with Crippen LogP contribution in [-0.4, -0.2) is 73.1 Å². The van der Waals surface area contributed by atoms with E-state index in [2.05, 4.69) is 9.56 Å². The van der Waals surface area contributed by atoms with Crippen LogP contribution in [0.25, 0.3) is 17.1 Å². The van der Waals surface area contributed by atoms with Gasteiger partial charge in [0, 0.05) is 37.7 Å². The van der Waals surface area contributed by atoms with Crippen molar-refractivity contribution >= 4 is 69.7 Å². The number of nitrogens with zero attached hydrogens (tertiary/aromatic N) is 6. The van der Waals surface area contributed by atoms with Gasteiger partial charge in [-0.05, 0) is 87.8 Å². The first-order chi connectivity index (χ1) is 21.6. The van der Waals surface area contributed by atoms with E-state index in [1.807, 2.05) is 37.3 Å². The number of fused-ring (bicyclic) bond motifs is 1. The van der Waals surface area contributed by atoms with Gasteiger partial charge in [-0.3, -0.25) is 29.1 Å². The highest BCUT2D eigenvalue weighted by atomic mass is 32.2. The smallest absolute Gasteiger partial charge is 0.293 e. The summed E-state index contributed by atoms with van der Waals surface area (Å²) in [5.41, 5.74) is 1.54. The topological polar surface area (TPSA) is 142 Å². The normalized spacial score (nSPS) is 18.4. The Hall–Kier alpha value is -4.15. The molecule has 234 valence electrons. The maximum absolute atomic E-state index is 12.7. The first-order valence-electron chi connectivity index (χ1n) is 14.8. The Morgan fingerprint density at radius 3 is 2.67 bits per heavy atom. The number of nitriles is 1. The molecule has 1 unspecified atom stereocenters. The molecule has 4 heterocycles. The van der Waals surface area contributed by atoms with Crippen molar-refractivity contribution in [1.82, 2.24) is 19.4 Å². The number of para-hydroxylation sites is 2. The van der Waals surface area contributed by atoms with Crippen molar-refractivity contribution in [3.63, 3.8) is 0 Å². The molecule has 45 heavy (non-hydrogen) atoms. The van der Waals surface area contributed by atoms with Gasteiger partial charge < -0.3 is 13.9 Å². The van der Waals surface area contributed by atoms with Gasteiger partial charge in [-0.2, -0.15) is 5.26 Å². The van der Waals surface area contributed by atoms with Crippen molar-refractivity contribution in [3.05, 3.63) is 47.1 Å². The summed E-state index contributed by atoms with van der Waals surface area (Å²) >= 11 is 2.26. The van der Waals surface area contributed by atoms with Crippen LogP contribution in [0.3, 0.4) is 0 Å². The number of ketones is 1. The summed E-state index contributed by atoms with van der Waals surface area (Å²) in [5.74, 6) is -0.141. The standard InChI is InChI=1S/C32H34N6O5S2/c1-21(2)38-29(41)26(44-31(38)42)18-23-11-12-28(43-23)45-30-35-24-9-4-5-10-25(24)37(30)16-7-6-8-22(39)19-36(17-15-33)27(40)13-14-32(3)20-34-32/h4-5,9-12,18,20-21H,6-8,13-14,16-17,19H2,1-3H3/b26-18-. The molecule has 13 heteroatoms. The average Bonchev–Trinajstić information content (AvgIpc) is 3.28. The quantitative estimate of drug-likeness (QED) is 0.111. The number of carbonyl (C=O) groups is 4. The summed E-state index contributed by atoms with van der Waals surface area (Å²) in [6, 6.07) is 13.1. The zero-order chi connectivity index (χ0) is 32.1. The summed E-state index contributed by atoms with van der Waals surface area (Å²) in [6.45, 7) is 5.98. The number of carbonyl (C=O) groups excluding carboxylic acids is 4. The minimum absolute atomic E-state index is 0.0656. The van der Waals surface area contributed by atoms with Crippen molar-refractivity contribution in [1.29, 1.82) is 5.26 Å². The van der Waals surface area contributed by atoms with E-state index >= 15 is 0 Å². The monoisotopic (exact) mass is 646 g/mol. The van der Waals surface area contributed by atoms with E-state index in [4.69, 9.17) is 14.7 Å². The molecule has 0 bridgehead atoms. The zero-order valence-corrected chi connectivity index (χ0v) is 27.0. The van der Waals surface area contributed by atoms with Crippen molar-refractivity contribution < 1.29 is 23.6 Å². The summed E-state index contributed by atoms with van der Waals surface area (Å²) in [7, 11) is 0. The fourth-order valence-corrected chi connectivity index (χ4v) is 6.76. The molecule has 1 atom stereocenters. The van der Waals surface area contributed by atoms with E-state index in [1.165, 1.54) is 21.6 Å². The maximum atomic E-state index is 12.7. The van der Waals surface area contributed by atoms with Crippen LogP contribution in [0.15, 0.2) is 61.0 Å². The number of hydrogen-bond donors (Lipinski definition) is 0. The van der Waals surface area contributed by atoms with Gasteiger partial charge in [-0.1, -0.05) is 12.1 Å². The molecule has 3 aromatic rings. The van der Waals surface area contributed by atoms with Crippen molar-refractivity contribution in [3.8, 4) is 6.07 Å². The third kappa shape index (κ3) is 7.93. The van der Waals surface area contributed by atoms with Crippen LogP contribution in [0.5, 0.6) is 0 Å². The van der Waals surface area contributed by atoms with Crippen molar-refractivity contribution in [2.24, 2.45) is 4.99 Å². The lowest BCUT2D eigenvalue weighted by molar-refractivity contribution is -0.135. The van der Waals surface area contributed by atoms with Gasteiger partial charge in [0.05, 0.1) is 34.1 Å². The summed E-state index contributed by atoms with van der Waals surface area (Å²) < 4.78 is 8.07. The number of benzene rings is 1. The second-order valence-electron chi connectivity index (χ2n) is 11.5. The van der Waals surface area contributed by atoms with Crippen LogP contribution in [0.2, 0.25) is 0 Å². The lowest BCUT2D eigenvalue weighted by atomic mass is 10.0. The number of unbranched alkanes of at least 4 members (excludes halogenated alkanes) is 1. The Bertz CT molecular complexity index is 1730. The molecule has 0 saturated carbocycles. The minimum Gasteiger partial charge on any atom is -0.450 e. The molecule has 1 aromatic carbocycles. The van der Waals surface area contributed by atoms with Crippen LogP contribution >= 0.6 is 23.5 Å². The third-order valence-electron chi connectivity index (χ3n) is 7.51. The number of imide groups is 1. The summed E-state index contributed by atoms with van der Waals surface area (Å²) in [5, 5.41) is 10.2. The highest BCUT2D eigenvalue weighted by Gasteiger charge is 2.37. The number of amides is 3. The van der Waals surface area contributed by atoms with Crippen LogP contribution < -0.4 is 0 Å². The molecule has 0 N–H and O–H groups in total. The largest absolute Gasteiger partial charge is 0.450 e. The van der Waals surface area contributed by atoms with E-state index in [-0.39, 0.29) is 53.9 Å². The van der Waals surface area contributed by atoms with E-state index in [1.54, 1.807) is 38.3 Å². The number of thioether (sulfide) groups is 1. The Kier molecular flexibility index (Phi) is 9.94. The zero-order valence-electron chi connectivity index (χ0n) is 25.4. The number of rotatable bonds is 15. The second-order valence-corrected chi connectivity index (χ2v) is 13.4.